The lowest BCUT2D eigenvalue weighted by molar-refractivity contribution is -0.143. The summed E-state index contributed by atoms with van der Waals surface area (Å²) in [5.74, 6) is 0.563. The Morgan fingerprint density at radius 1 is 1.50 bits per heavy atom. The van der Waals surface area contributed by atoms with E-state index in [9.17, 15) is 4.79 Å². The minimum atomic E-state index is -0.196. The normalized spacial score (nSPS) is 23.1. The minimum absolute atomic E-state index is 0.156. The fourth-order valence-corrected chi connectivity index (χ4v) is 2.57. The summed E-state index contributed by atoms with van der Waals surface area (Å²) < 4.78 is 4.84. The topological polar surface area (TPSA) is 41.6 Å². The molecule has 1 aliphatic rings. The lowest BCUT2D eigenvalue weighted by atomic mass is 9.80. The highest BCUT2D eigenvalue weighted by Gasteiger charge is 2.33. The number of hydrogen-bond acceptors (Lipinski definition) is 4. The van der Waals surface area contributed by atoms with Crippen LogP contribution in [0.5, 0.6) is 0 Å². The molecule has 2 unspecified atom stereocenters. The molecule has 0 aliphatic carbocycles. The zero-order chi connectivity index (χ0) is 13.8. The predicted molar refractivity (Wildman–Crippen MR) is 73.5 cm³/mol. The third kappa shape index (κ3) is 4.25. The maximum atomic E-state index is 11.7. The van der Waals surface area contributed by atoms with Crippen LogP contribution in [0.15, 0.2) is 0 Å². The molecular weight excluding hydrogens is 228 g/mol. The van der Waals surface area contributed by atoms with Gasteiger partial charge in [-0.2, -0.15) is 0 Å². The average molecular weight is 256 g/mol. The van der Waals surface area contributed by atoms with Crippen LogP contribution < -0.4 is 5.32 Å². The van der Waals surface area contributed by atoms with Crippen LogP contribution in [0.1, 0.15) is 34.1 Å². The highest BCUT2D eigenvalue weighted by Crippen LogP contribution is 2.33. The smallest absolute Gasteiger partial charge is 0.324 e. The van der Waals surface area contributed by atoms with Gasteiger partial charge < -0.3 is 15.0 Å². The maximum Gasteiger partial charge on any atom is 0.324 e. The van der Waals surface area contributed by atoms with E-state index >= 15 is 0 Å². The summed E-state index contributed by atoms with van der Waals surface area (Å²) in [6.45, 7) is 12.6. The van der Waals surface area contributed by atoms with Crippen molar-refractivity contribution in [3.8, 4) is 0 Å². The Morgan fingerprint density at radius 2 is 2.17 bits per heavy atom. The van der Waals surface area contributed by atoms with Gasteiger partial charge in [-0.15, -0.1) is 0 Å². The molecule has 1 aliphatic heterocycles. The molecule has 0 saturated carbocycles. The summed E-state index contributed by atoms with van der Waals surface area (Å²) in [5, 5.41) is 3.20. The van der Waals surface area contributed by atoms with Gasteiger partial charge in [0.15, 0.2) is 0 Å². The number of nitrogens with one attached hydrogen (secondary N) is 1. The summed E-state index contributed by atoms with van der Waals surface area (Å²) in [7, 11) is 1.45. The van der Waals surface area contributed by atoms with Crippen molar-refractivity contribution in [2.45, 2.75) is 40.2 Å². The number of methoxy groups -OCH3 is 1. The molecule has 0 bridgehead atoms. The fraction of sp³-hybridized carbons (Fsp3) is 0.929. The number of ether oxygens (including phenoxy) is 1. The molecule has 1 N–H and O–H groups in total. The third-order valence-corrected chi connectivity index (χ3v) is 3.87. The first kappa shape index (κ1) is 15.4. The summed E-state index contributed by atoms with van der Waals surface area (Å²) in [5.41, 5.74) is 0.355. The molecule has 4 nitrogen and oxygen atoms in total. The van der Waals surface area contributed by atoms with Crippen molar-refractivity contribution in [3.63, 3.8) is 0 Å². The van der Waals surface area contributed by atoms with E-state index in [2.05, 4.69) is 31.0 Å². The van der Waals surface area contributed by atoms with Gasteiger partial charge in [-0.25, -0.2) is 0 Å². The molecule has 1 heterocycles. The molecule has 0 aromatic rings. The van der Waals surface area contributed by atoms with Gasteiger partial charge in [0.05, 0.1) is 7.11 Å². The predicted octanol–water partition coefficient (Wildman–Crippen LogP) is 1.51. The van der Waals surface area contributed by atoms with E-state index in [4.69, 9.17) is 4.74 Å². The molecule has 1 saturated heterocycles. The van der Waals surface area contributed by atoms with Crippen molar-refractivity contribution in [1.82, 2.24) is 10.2 Å². The van der Waals surface area contributed by atoms with Crippen LogP contribution in [0, 0.1) is 11.3 Å². The van der Waals surface area contributed by atoms with Crippen molar-refractivity contribution in [1.29, 1.82) is 0 Å². The van der Waals surface area contributed by atoms with Crippen LogP contribution >= 0.6 is 0 Å². The van der Waals surface area contributed by atoms with Crippen LogP contribution in [-0.2, 0) is 9.53 Å². The van der Waals surface area contributed by atoms with E-state index in [1.165, 1.54) is 13.5 Å². The fourth-order valence-electron chi connectivity index (χ4n) is 2.57. The second-order valence-electron chi connectivity index (χ2n) is 6.24. The molecule has 0 radical (unpaired) electrons. The Kier molecular flexibility index (Phi) is 5.60. The third-order valence-electron chi connectivity index (χ3n) is 3.87. The second kappa shape index (κ2) is 6.53. The first-order valence-corrected chi connectivity index (χ1v) is 6.92. The molecule has 0 spiro atoms. The van der Waals surface area contributed by atoms with Crippen LogP contribution in [0.4, 0.5) is 0 Å². The molecule has 18 heavy (non-hydrogen) atoms. The molecule has 4 heteroatoms. The monoisotopic (exact) mass is 256 g/mol. The quantitative estimate of drug-likeness (QED) is 0.757. The summed E-state index contributed by atoms with van der Waals surface area (Å²) in [6, 6.07) is -0.196. The van der Waals surface area contributed by atoms with Crippen molar-refractivity contribution >= 4 is 5.97 Å². The van der Waals surface area contributed by atoms with Gasteiger partial charge in [-0.3, -0.25) is 4.79 Å². The van der Waals surface area contributed by atoms with E-state index in [1.54, 1.807) is 0 Å². The number of carbonyl (C=O) groups excluding carboxylic acids is 1. The van der Waals surface area contributed by atoms with Crippen molar-refractivity contribution in [3.05, 3.63) is 0 Å². The lowest BCUT2D eigenvalue weighted by Crippen LogP contribution is -2.46. The van der Waals surface area contributed by atoms with Gasteiger partial charge >= 0.3 is 5.97 Å². The number of hydrogen-bond donors (Lipinski definition) is 1. The van der Waals surface area contributed by atoms with Gasteiger partial charge in [0.2, 0.25) is 0 Å². The second-order valence-corrected chi connectivity index (χ2v) is 6.24. The first-order valence-electron chi connectivity index (χ1n) is 6.92. The number of rotatable bonds is 5. The van der Waals surface area contributed by atoms with Crippen molar-refractivity contribution < 1.29 is 9.53 Å². The van der Waals surface area contributed by atoms with E-state index in [0.717, 1.165) is 32.1 Å². The average Bonchev–Trinajstić information content (AvgIpc) is 2.75. The van der Waals surface area contributed by atoms with Gasteiger partial charge in [0.1, 0.15) is 6.04 Å². The van der Waals surface area contributed by atoms with Crippen LogP contribution in [0.3, 0.4) is 0 Å². The number of esters is 1. The molecule has 0 amide bonds. The zero-order valence-electron chi connectivity index (χ0n) is 12.5. The number of nitrogens with zero attached hydrogens (tertiary/aromatic N) is 1. The van der Waals surface area contributed by atoms with Crippen LogP contribution in [0.2, 0.25) is 0 Å². The highest BCUT2D eigenvalue weighted by atomic mass is 16.5. The van der Waals surface area contributed by atoms with Crippen molar-refractivity contribution in [2.75, 3.05) is 33.3 Å². The molecular formula is C14H28N2O2. The zero-order valence-corrected chi connectivity index (χ0v) is 12.5. The standard InChI is InChI=1S/C14H28N2O2/c1-6-15-12(13(17)18-5)10-16-8-7-11(9-16)14(2,3)4/h11-12,15H,6-10H2,1-5H3. The molecule has 1 fully saturated rings. The number of likely N-dealkylation sites (N-methyl/N-ethyl adjacent to an activating group) is 1. The van der Waals surface area contributed by atoms with Gasteiger partial charge in [-0.1, -0.05) is 27.7 Å². The van der Waals surface area contributed by atoms with E-state index in [0.29, 0.717) is 5.41 Å². The van der Waals surface area contributed by atoms with Gasteiger partial charge in [0, 0.05) is 13.1 Å². The van der Waals surface area contributed by atoms with Crippen molar-refractivity contribution in [2.24, 2.45) is 11.3 Å². The Hall–Kier alpha value is -0.610. The molecule has 106 valence electrons. The minimum Gasteiger partial charge on any atom is -0.468 e. The van der Waals surface area contributed by atoms with Crippen LogP contribution in [0.25, 0.3) is 0 Å². The Bertz CT molecular complexity index is 273. The molecule has 2 atom stereocenters. The lowest BCUT2D eigenvalue weighted by Gasteiger charge is -2.28. The largest absolute Gasteiger partial charge is 0.468 e. The first-order chi connectivity index (χ1) is 8.38. The number of carbonyl (C=O) groups is 1. The highest BCUT2D eigenvalue weighted by molar-refractivity contribution is 5.75. The van der Waals surface area contributed by atoms with E-state index in [-0.39, 0.29) is 12.0 Å². The molecule has 1 rings (SSSR count). The molecule has 0 aromatic carbocycles. The summed E-state index contributed by atoms with van der Waals surface area (Å²) in [4.78, 5) is 14.0. The van der Waals surface area contributed by atoms with Gasteiger partial charge in [0.25, 0.3) is 0 Å². The van der Waals surface area contributed by atoms with E-state index in [1.807, 2.05) is 6.92 Å². The summed E-state index contributed by atoms with van der Waals surface area (Å²) in [6.07, 6.45) is 1.23. The Balaban J connectivity index is 2.49. The Labute approximate surface area is 111 Å². The van der Waals surface area contributed by atoms with Crippen LogP contribution in [-0.4, -0.2) is 50.2 Å². The Morgan fingerprint density at radius 3 is 2.61 bits per heavy atom. The summed E-state index contributed by atoms with van der Waals surface area (Å²) >= 11 is 0. The SMILES string of the molecule is CCNC(CN1CCC(C(C)(C)C)C1)C(=O)OC. The van der Waals surface area contributed by atoms with Gasteiger partial charge in [-0.05, 0) is 30.8 Å². The van der Waals surface area contributed by atoms with E-state index < -0.39 is 0 Å². The number of likely N-dealkylation sites (tertiary alicyclic amines) is 1. The maximum absolute atomic E-state index is 11.7. The molecule has 0 aromatic heterocycles.